The van der Waals surface area contributed by atoms with Crippen molar-refractivity contribution in [2.24, 2.45) is 0 Å². The number of likely N-dealkylation sites (N-methyl/N-ethyl adjacent to an activating group) is 1. The molecule has 7 heteroatoms. The van der Waals surface area contributed by atoms with Gasteiger partial charge in [0.05, 0.1) is 6.54 Å². The van der Waals surface area contributed by atoms with Gasteiger partial charge in [-0.1, -0.05) is 30.3 Å². The van der Waals surface area contributed by atoms with E-state index in [4.69, 9.17) is 9.47 Å². The van der Waals surface area contributed by atoms with Crippen LogP contribution in [0.1, 0.15) is 31.1 Å². The predicted octanol–water partition coefficient (Wildman–Crippen LogP) is 3.01. The predicted molar refractivity (Wildman–Crippen MR) is 109 cm³/mol. The highest BCUT2D eigenvalue weighted by Crippen LogP contribution is 2.25. The molecule has 0 aromatic heterocycles. The number of benzene rings is 2. The monoisotopic (exact) mass is 398 g/mol. The molecule has 2 aromatic carbocycles. The lowest BCUT2D eigenvalue weighted by molar-refractivity contribution is -0.138. The molecule has 1 N–H and O–H groups in total. The van der Waals surface area contributed by atoms with Crippen LogP contribution in [0.3, 0.4) is 0 Å². The summed E-state index contributed by atoms with van der Waals surface area (Å²) in [5.41, 5.74) is 0.213. The Morgan fingerprint density at radius 1 is 1.00 bits per heavy atom. The van der Waals surface area contributed by atoms with E-state index in [1.54, 1.807) is 43.3 Å². The van der Waals surface area contributed by atoms with Crippen LogP contribution in [0.25, 0.3) is 0 Å². The summed E-state index contributed by atoms with van der Waals surface area (Å²) in [7, 11) is 0. The Morgan fingerprint density at radius 3 is 2.31 bits per heavy atom. The molecule has 29 heavy (non-hydrogen) atoms. The molecular formula is C22H26N2O5. The summed E-state index contributed by atoms with van der Waals surface area (Å²) in [6, 6.07) is 15.7. The number of amides is 2. The Balaban J connectivity index is 1.98. The largest absolute Gasteiger partial charge is 0.456 e. The number of para-hydroxylation sites is 2. The van der Waals surface area contributed by atoms with E-state index in [2.05, 4.69) is 5.32 Å². The van der Waals surface area contributed by atoms with Crippen molar-refractivity contribution in [3.05, 3.63) is 60.2 Å². The molecule has 0 saturated carbocycles. The zero-order valence-electron chi connectivity index (χ0n) is 16.9. The average Bonchev–Trinajstić information content (AvgIpc) is 2.70. The van der Waals surface area contributed by atoms with Gasteiger partial charge in [0, 0.05) is 12.6 Å². The average molecular weight is 398 g/mol. The number of hydrogen-bond acceptors (Lipinski definition) is 5. The lowest BCUT2D eigenvalue weighted by Gasteiger charge is -2.21. The fraction of sp³-hybridized carbons (Fsp3) is 0.318. The molecule has 2 rings (SSSR count). The Kier molecular flexibility index (Phi) is 8.21. The molecule has 0 heterocycles. The molecule has 0 bridgehead atoms. The first-order valence-electron chi connectivity index (χ1n) is 9.47. The number of hydrogen-bond donors (Lipinski definition) is 1. The van der Waals surface area contributed by atoms with Crippen LogP contribution in [0.15, 0.2) is 54.6 Å². The molecule has 0 aliphatic carbocycles. The SMILES string of the molecule is CCN(CC(=O)NC(C)C)C(=O)COC(=O)c1ccccc1Oc1ccccc1. The summed E-state index contributed by atoms with van der Waals surface area (Å²) < 4.78 is 10.9. The van der Waals surface area contributed by atoms with Crippen LogP contribution < -0.4 is 10.1 Å². The quantitative estimate of drug-likeness (QED) is 0.657. The first-order chi connectivity index (χ1) is 13.9. The summed E-state index contributed by atoms with van der Waals surface area (Å²) >= 11 is 0. The molecule has 0 aliphatic rings. The highest BCUT2D eigenvalue weighted by atomic mass is 16.5. The molecule has 0 atom stereocenters. The smallest absolute Gasteiger partial charge is 0.342 e. The van der Waals surface area contributed by atoms with Gasteiger partial charge in [-0.2, -0.15) is 0 Å². The fourth-order valence-corrected chi connectivity index (χ4v) is 2.55. The third-order valence-electron chi connectivity index (χ3n) is 3.92. The summed E-state index contributed by atoms with van der Waals surface area (Å²) in [4.78, 5) is 38.0. The van der Waals surface area contributed by atoms with E-state index in [0.717, 1.165) is 0 Å². The zero-order valence-corrected chi connectivity index (χ0v) is 16.9. The first-order valence-corrected chi connectivity index (χ1v) is 9.47. The van der Waals surface area contributed by atoms with Crippen molar-refractivity contribution in [2.45, 2.75) is 26.8 Å². The van der Waals surface area contributed by atoms with Gasteiger partial charge in [-0.25, -0.2) is 4.79 Å². The standard InChI is InChI=1S/C22H26N2O5/c1-4-24(14-20(25)23-16(2)3)21(26)15-28-22(27)18-12-8-9-13-19(18)29-17-10-6-5-7-11-17/h5-13,16H,4,14-15H2,1-3H3,(H,23,25). The van der Waals surface area contributed by atoms with E-state index in [-0.39, 0.29) is 24.1 Å². The van der Waals surface area contributed by atoms with Gasteiger partial charge in [-0.3, -0.25) is 9.59 Å². The fourth-order valence-electron chi connectivity index (χ4n) is 2.55. The van der Waals surface area contributed by atoms with Crippen LogP contribution >= 0.6 is 0 Å². The lowest BCUT2D eigenvalue weighted by Crippen LogP contribution is -2.44. The van der Waals surface area contributed by atoms with Crippen LogP contribution in [-0.4, -0.2) is 48.4 Å². The van der Waals surface area contributed by atoms with Gasteiger partial charge < -0.3 is 19.7 Å². The second-order valence-electron chi connectivity index (χ2n) is 6.62. The minimum absolute atomic E-state index is 0.0183. The number of carbonyl (C=O) groups excluding carboxylic acids is 3. The van der Waals surface area contributed by atoms with Crippen molar-refractivity contribution in [1.29, 1.82) is 0 Å². The normalized spacial score (nSPS) is 10.3. The van der Waals surface area contributed by atoms with Crippen molar-refractivity contribution in [3.8, 4) is 11.5 Å². The molecule has 2 amide bonds. The number of rotatable bonds is 9. The number of nitrogens with zero attached hydrogens (tertiary/aromatic N) is 1. The topological polar surface area (TPSA) is 84.9 Å². The van der Waals surface area contributed by atoms with E-state index in [0.29, 0.717) is 18.0 Å². The van der Waals surface area contributed by atoms with Crippen molar-refractivity contribution < 1.29 is 23.9 Å². The van der Waals surface area contributed by atoms with Gasteiger partial charge in [0.15, 0.2) is 6.61 Å². The second-order valence-corrected chi connectivity index (χ2v) is 6.62. The van der Waals surface area contributed by atoms with Crippen LogP contribution in [0.4, 0.5) is 0 Å². The van der Waals surface area contributed by atoms with Crippen molar-refractivity contribution >= 4 is 17.8 Å². The second kappa shape index (κ2) is 10.8. The molecule has 2 aromatic rings. The third-order valence-corrected chi connectivity index (χ3v) is 3.92. The summed E-state index contributed by atoms with van der Waals surface area (Å²) in [6.07, 6.45) is 0. The molecule has 154 valence electrons. The molecule has 7 nitrogen and oxygen atoms in total. The van der Waals surface area contributed by atoms with Gasteiger partial charge in [-0.15, -0.1) is 0 Å². The number of nitrogens with one attached hydrogen (secondary N) is 1. The molecule has 0 unspecified atom stereocenters. The first kappa shape index (κ1) is 21.9. The van der Waals surface area contributed by atoms with Gasteiger partial charge in [0.2, 0.25) is 5.91 Å². The Morgan fingerprint density at radius 2 is 1.66 bits per heavy atom. The van der Waals surface area contributed by atoms with Gasteiger partial charge in [0.1, 0.15) is 17.1 Å². The Labute approximate surface area is 170 Å². The van der Waals surface area contributed by atoms with E-state index in [9.17, 15) is 14.4 Å². The maximum Gasteiger partial charge on any atom is 0.342 e. The molecule has 0 radical (unpaired) electrons. The van der Waals surface area contributed by atoms with Crippen molar-refractivity contribution in [1.82, 2.24) is 10.2 Å². The molecule has 0 aliphatic heterocycles. The third kappa shape index (κ3) is 6.95. The maximum atomic E-state index is 12.5. The molecule has 0 spiro atoms. The molecule has 0 saturated heterocycles. The Bertz CT molecular complexity index is 836. The summed E-state index contributed by atoms with van der Waals surface area (Å²) in [5.74, 6) is -0.464. The molecular weight excluding hydrogens is 372 g/mol. The van der Waals surface area contributed by atoms with Crippen LogP contribution in [-0.2, 0) is 14.3 Å². The number of ether oxygens (including phenoxy) is 2. The van der Waals surface area contributed by atoms with Crippen LogP contribution in [0.5, 0.6) is 11.5 Å². The van der Waals surface area contributed by atoms with E-state index >= 15 is 0 Å². The lowest BCUT2D eigenvalue weighted by atomic mass is 10.2. The highest BCUT2D eigenvalue weighted by Gasteiger charge is 2.20. The van der Waals surface area contributed by atoms with Gasteiger partial charge >= 0.3 is 5.97 Å². The van der Waals surface area contributed by atoms with E-state index < -0.39 is 18.5 Å². The van der Waals surface area contributed by atoms with Crippen LogP contribution in [0.2, 0.25) is 0 Å². The van der Waals surface area contributed by atoms with Crippen LogP contribution in [0, 0.1) is 0 Å². The van der Waals surface area contributed by atoms with E-state index in [1.807, 2.05) is 32.0 Å². The van der Waals surface area contributed by atoms with Crippen molar-refractivity contribution in [3.63, 3.8) is 0 Å². The number of carbonyl (C=O) groups is 3. The van der Waals surface area contributed by atoms with Crippen molar-refractivity contribution in [2.75, 3.05) is 19.7 Å². The summed E-state index contributed by atoms with van der Waals surface area (Å²) in [6.45, 7) is 5.22. The highest BCUT2D eigenvalue weighted by molar-refractivity contribution is 5.94. The number of esters is 1. The molecule has 0 fully saturated rings. The van der Waals surface area contributed by atoms with Gasteiger partial charge in [-0.05, 0) is 45.0 Å². The minimum atomic E-state index is -0.674. The summed E-state index contributed by atoms with van der Waals surface area (Å²) in [5, 5.41) is 2.73. The minimum Gasteiger partial charge on any atom is -0.456 e. The Hall–Kier alpha value is -3.35. The zero-order chi connectivity index (χ0) is 21.2. The van der Waals surface area contributed by atoms with Gasteiger partial charge in [0.25, 0.3) is 5.91 Å². The maximum absolute atomic E-state index is 12.5. The van der Waals surface area contributed by atoms with E-state index in [1.165, 1.54) is 4.90 Å².